The number of imidazole rings is 1. The normalized spacial score (nSPS) is 11.9. The smallest absolute Gasteiger partial charge is 0.120 e. The van der Waals surface area contributed by atoms with Crippen LogP contribution in [0.15, 0.2) is 53.9 Å². The van der Waals surface area contributed by atoms with Crippen LogP contribution in [0, 0.1) is 6.92 Å². The second kappa shape index (κ2) is 11.2. The van der Waals surface area contributed by atoms with Crippen molar-refractivity contribution in [3.8, 4) is 22.5 Å². The number of nitrogens with two attached hydrogens (primary N) is 1. The molecule has 2 aromatic heterocycles. The van der Waals surface area contributed by atoms with Crippen LogP contribution in [-0.2, 0) is 6.54 Å². The molecule has 0 aliphatic rings. The topological polar surface area (TPSA) is 104 Å². The second-order valence-electron chi connectivity index (χ2n) is 7.24. The Hall–Kier alpha value is -3.29. The summed E-state index contributed by atoms with van der Waals surface area (Å²) < 4.78 is 0. The average molecular weight is 418 g/mol. The number of aromatic amines is 1. The summed E-state index contributed by atoms with van der Waals surface area (Å²) >= 11 is 0. The van der Waals surface area contributed by atoms with E-state index in [1.165, 1.54) is 0 Å². The summed E-state index contributed by atoms with van der Waals surface area (Å²) in [5.41, 5.74) is 12.6. The van der Waals surface area contributed by atoms with Gasteiger partial charge in [0.1, 0.15) is 5.82 Å². The molecule has 0 amide bonds. The molecule has 3 aromatic rings. The third kappa shape index (κ3) is 5.87. The first-order valence-electron chi connectivity index (χ1n) is 10.6. The molecule has 5 N–H and O–H groups in total. The number of benzene rings is 1. The molecule has 0 unspecified atom stereocenters. The van der Waals surface area contributed by atoms with Crippen LogP contribution in [0.25, 0.3) is 28.2 Å². The summed E-state index contributed by atoms with van der Waals surface area (Å²) in [4.78, 5) is 16.7. The number of aliphatic imine (C=N–C) groups is 1. The predicted octanol–water partition coefficient (Wildman–Crippen LogP) is 3.49. The highest BCUT2D eigenvalue weighted by molar-refractivity contribution is 5.72. The number of nitrogens with zero attached hydrogens (tertiary/aromatic N) is 3. The van der Waals surface area contributed by atoms with Crippen LogP contribution in [0.3, 0.4) is 0 Å². The molecule has 0 saturated heterocycles. The standard InChI is InChI=1S/C24H31N7/c1-4-10-27-16-24-30-15-23(31-24)18-5-7-20(17(2)12-18)21-8-6-19(13-29-21)22(26-3)14-28-11-9-25/h5-8,11-15,26-27H,4,9-10,16,25H2,1-3H3,(H,30,31)/b22-14-,28-11?. The lowest BCUT2D eigenvalue weighted by Gasteiger charge is -2.10. The minimum atomic E-state index is 0.412. The molecule has 2 heterocycles. The lowest BCUT2D eigenvalue weighted by molar-refractivity contribution is 0.655. The van der Waals surface area contributed by atoms with Gasteiger partial charge in [-0.3, -0.25) is 9.98 Å². The zero-order valence-electron chi connectivity index (χ0n) is 18.4. The maximum atomic E-state index is 5.45. The van der Waals surface area contributed by atoms with Crippen molar-refractivity contribution >= 4 is 11.9 Å². The van der Waals surface area contributed by atoms with Crippen molar-refractivity contribution in [3.63, 3.8) is 0 Å². The van der Waals surface area contributed by atoms with Crippen LogP contribution in [0.2, 0.25) is 0 Å². The van der Waals surface area contributed by atoms with Crippen molar-refractivity contribution in [1.82, 2.24) is 25.6 Å². The molecular formula is C24H31N7. The molecule has 3 rings (SSSR count). The van der Waals surface area contributed by atoms with Crippen molar-refractivity contribution in [3.05, 3.63) is 65.9 Å². The summed E-state index contributed by atoms with van der Waals surface area (Å²) in [6.07, 6.45) is 8.27. The van der Waals surface area contributed by atoms with E-state index < -0.39 is 0 Å². The molecule has 0 saturated carbocycles. The predicted molar refractivity (Wildman–Crippen MR) is 129 cm³/mol. The van der Waals surface area contributed by atoms with Crippen LogP contribution < -0.4 is 16.4 Å². The molecule has 162 valence electrons. The Morgan fingerprint density at radius 2 is 2.06 bits per heavy atom. The van der Waals surface area contributed by atoms with Crippen molar-refractivity contribution in [2.24, 2.45) is 10.7 Å². The Morgan fingerprint density at radius 1 is 1.19 bits per heavy atom. The second-order valence-corrected chi connectivity index (χ2v) is 7.24. The summed E-state index contributed by atoms with van der Waals surface area (Å²) in [7, 11) is 1.86. The molecule has 7 nitrogen and oxygen atoms in total. The van der Waals surface area contributed by atoms with Crippen LogP contribution >= 0.6 is 0 Å². The quantitative estimate of drug-likeness (QED) is 0.299. The number of hydrogen-bond acceptors (Lipinski definition) is 6. The van der Waals surface area contributed by atoms with Crippen LogP contribution in [0.1, 0.15) is 30.3 Å². The van der Waals surface area contributed by atoms with Crippen LogP contribution in [0.4, 0.5) is 0 Å². The van der Waals surface area contributed by atoms with Gasteiger partial charge in [0.05, 0.1) is 36.0 Å². The van der Waals surface area contributed by atoms with Gasteiger partial charge in [-0.15, -0.1) is 0 Å². The first-order chi connectivity index (χ1) is 15.2. The van der Waals surface area contributed by atoms with Crippen LogP contribution in [0.5, 0.6) is 0 Å². The lowest BCUT2D eigenvalue weighted by Crippen LogP contribution is -2.14. The van der Waals surface area contributed by atoms with Gasteiger partial charge >= 0.3 is 0 Å². The van der Waals surface area contributed by atoms with Crippen molar-refractivity contribution in [1.29, 1.82) is 0 Å². The van der Waals surface area contributed by atoms with Gasteiger partial charge in [-0.1, -0.05) is 19.1 Å². The minimum absolute atomic E-state index is 0.412. The molecule has 0 radical (unpaired) electrons. The van der Waals surface area contributed by atoms with Gasteiger partial charge in [0, 0.05) is 37.1 Å². The Labute approximate surface area is 183 Å². The highest BCUT2D eigenvalue weighted by atomic mass is 15.0. The first kappa shape index (κ1) is 22.4. The molecule has 0 atom stereocenters. The number of pyridine rings is 1. The largest absolute Gasteiger partial charge is 0.386 e. The molecule has 0 fully saturated rings. The Bertz CT molecular complexity index is 1030. The SMILES string of the molecule is CCCNCc1ncc(-c2ccc(-c3ccc(/C(=C/N=CCN)NC)cn3)c(C)c2)[nH]1. The van der Waals surface area contributed by atoms with Gasteiger partial charge in [-0.25, -0.2) is 4.98 Å². The Balaban J connectivity index is 1.77. The van der Waals surface area contributed by atoms with Gasteiger partial charge in [0.15, 0.2) is 0 Å². The third-order valence-corrected chi connectivity index (χ3v) is 4.92. The van der Waals surface area contributed by atoms with Gasteiger partial charge in [0.25, 0.3) is 0 Å². The summed E-state index contributed by atoms with van der Waals surface area (Å²) in [5.74, 6) is 0.951. The van der Waals surface area contributed by atoms with E-state index in [1.54, 1.807) is 12.4 Å². The number of rotatable bonds is 10. The van der Waals surface area contributed by atoms with Crippen LogP contribution in [-0.4, -0.2) is 41.3 Å². The van der Waals surface area contributed by atoms with Crippen molar-refractivity contribution in [2.45, 2.75) is 26.8 Å². The minimum Gasteiger partial charge on any atom is -0.386 e. The van der Waals surface area contributed by atoms with Crippen molar-refractivity contribution in [2.75, 3.05) is 20.1 Å². The summed E-state index contributed by atoms with van der Waals surface area (Å²) in [6.45, 7) is 6.41. The monoisotopic (exact) mass is 417 g/mol. The van der Waals surface area contributed by atoms with E-state index >= 15 is 0 Å². The number of aromatic nitrogens is 3. The highest BCUT2D eigenvalue weighted by Crippen LogP contribution is 2.27. The first-order valence-corrected chi connectivity index (χ1v) is 10.6. The summed E-state index contributed by atoms with van der Waals surface area (Å²) in [6, 6.07) is 10.5. The average Bonchev–Trinajstić information content (AvgIpc) is 3.26. The summed E-state index contributed by atoms with van der Waals surface area (Å²) in [5, 5.41) is 6.51. The number of H-pyrrole nitrogens is 1. The van der Waals surface area contributed by atoms with E-state index in [4.69, 9.17) is 5.73 Å². The zero-order chi connectivity index (χ0) is 22.1. The molecular weight excluding hydrogens is 386 g/mol. The van der Waals surface area contributed by atoms with E-state index in [-0.39, 0.29) is 0 Å². The van der Waals surface area contributed by atoms with E-state index in [0.29, 0.717) is 6.54 Å². The van der Waals surface area contributed by atoms with Crippen molar-refractivity contribution < 1.29 is 0 Å². The molecule has 7 heteroatoms. The van der Waals surface area contributed by atoms with E-state index in [2.05, 4.69) is 62.6 Å². The van der Waals surface area contributed by atoms with Gasteiger partial charge in [0.2, 0.25) is 0 Å². The third-order valence-electron chi connectivity index (χ3n) is 4.92. The fourth-order valence-corrected chi connectivity index (χ4v) is 3.29. The number of hydrogen-bond donors (Lipinski definition) is 4. The Kier molecular flexibility index (Phi) is 8.09. The molecule has 0 aliphatic carbocycles. The van der Waals surface area contributed by atoms with Gasteiger partial charge in [-0.2, -0.15) is 0 Å². The molecule has 0 spiro atoms. The van der Waals surface area contributed by atoms with Gasteiger partial charge in [-0.05, 0) is 49.2 Å². The number of aryl methyl sites for hydroxylation is 1. The maximum absolute atomic E-state index is 5.45. The molecule has 0 bridgehead atoms. The highest BCUT2D eigenvalue weighted by Gasteiger charge is 2.09. The molecule has 31 heavy (non-hydrogen) atoms. The zero-order valence-corrected chi connectivity index (χ0v) is 18.4. The van der Waals surface area contributed by atoms with E-state index in [0.717, 1.165) is 64.7 Å². The molecule has 0 aliphatic heterocycles. The fourth-order valence-electron chi connectivity index (χ4n) is 3.29. The molecule has 1 aromatic carbocycles. The number of nitrogens with one attached hydrogen (secondary N) is 3. The van der Waals surface area contributed by atoms with E-state index in [1.807, 2.05) is 31.6 Å². The lowest BCUT2D eigenvalue weighted by atomic mass is 10.0. The maximum Gasteiger partial charge on any atom is 0.120 e. The van der Waals surface area contributed by atoms with Gasteiger partial charge < -0.3 is 21.4 Å². The van der Waals surface area contributed by atoms with E-state index in [9.17, 15) is 0 Å². The fraction of sp³-hybridized carbons (Fsp3) is 0.292. The Morgan fingerprint density at radius 3 is 2.74 bits per heavy atom.